The van der Waals surface area contributed by atoms with E-state index in [0.717, 1.165) is 23.4 Å². The first-order valence-corrected chi connectivity index (χ1v) is 8.52. The second kappa shape index (κ2) is 7.90. The fourth-order valence-electron chi connectivity index (χ4n) is 2.79. The molecular formula is C19H17FO5S. The minimum Gasteiger partial charge on any atom is -0.496 e. The van der Waals surface area contributed by atoms with E-state index in [-0.39, 0.29) is 11.5 Å². The summed E-state index contributed by atoms with van der Waals surface area (Å²) in [6.07, 6.45) is 0. The van der Waals surface area contributed by atoms with E-state index in [0.29, 0.717) is 22.3 Å². The summed E-state index contributed by atoms with van der Waals surface area (Å²) in [5, 5.41) is 0. The van der Waals surface area contributed by atoms with Crippen molar-refractivity contribution in [3.8, 4) is 5.75 Å². The molecule has 7 heteroatoms. The van der Waals surface area contributed by atoms with Crippen LogP contribution in [0.15, 0.2) is 41.3 Å². The number of methoxy groups -OCH3 is 1. The molecule has 0 unspecified atom stereocenters. The summed E-state index contributed by atoms with van der Waals surface area (Å²) in [5.74, 6) is -0.166. The molecule has 3 rings (SSSR count). The molecule has 0 aromatic heterocycles. The van der Waals surface area contributed by atoms with Gasteiger partial charge in [0.25, 0.3) is 0 Å². The Hall–Kier alpha value is -2.35. The Balaban J connectivity index is 2.02. The molecule has 0 amide bonds. The molecule has 26 heavy (non-hydrogen) atoms. The number of esters is 1. The quantitative estimate of drug-likeness (QED) is 0.326. The fourth-order valence-corrected chi connectivity index (χ4v) is 3.19. The Morgan fingerprint density at radius 1 is 1.12 bits per heavy atom. The molecule has 0 N–H and O–H groups in total. The van der Waals surface area contributed by atoms with Crippen molar-refractivity contribution < 1.29 is 27.9 Å². The van der Waals surface area contributed by atoms with E-state index in [1.54, 1.807) is 31.4 Å². The maximum Gasteiger partial charge on any atom is 0.339 e. The zero-order valence-corrected chi connectivity index (χ0v) is 15.3. The lowest BCUT2D eigenvalue weighted by molar-refractivity contribution is -0.160. The Bertz CT molecular complexity index is 878. The highest BCUT2D eigenvalue weighted by atomic mass is 32.2. The average molecular weight is 376 g/mol. The van der Waals surface area contributed by atoms with Crippen LogP contribution in [0.25, 0.3) is 11.1 Å². The van der Waals surface area contributed by atoms with Gasteiger partial charge >= 0.3 is 5.97 Å². The van der Waals surface area contributed by atoms with Crippen LogP contribution >= 0.6 is 12.0 Å². The van der Waals surface area contributed by atoms with Crippen molar-refractivity contribution in [3.05, 3.63) is 58.9 Å². The first-order valence-electron chi connectivity index (χ1n) is 7.77. The van der Waals surface area contributed by atoms with Crippen molar-refractivity contribution in [2.45, 2.75) is 11.8 Å². The lowest BCUT2D eigenvalue weighted by Crippen LogP contribution is -1.99. The summed E-state index contributed by atoms with van der Waals surface area (Å²) in [4.78, 5) is 17.0. The van der Waals surface area contributed by atoms with Gasteiger partial charge in [-0.2, -0.15) is 4.33 Å². The number of carbonyl (C=O) groups is 1. The normalized spacial score (nSPS) is 13.9. The number of ether oxygens (including phenoxy) is 2. The standard InChI is InChI=1S/C19H17FO5S/c1-11-8-13(4-6-16(11)22-2)18-14(10-24-19(18)21)12-5-7-17(15(20)9-12)26-25-23-3/h4-9H,10H2,1-3H3. The molecule has 1 aliphatic heterocycles. The molecule has 0 bridgehead atoms. The van der Waals surface area contributed by atoms with Gasteiger partial charge in [-0.25, -0.2) is 14.1 Å². The largest absolute Gasteiger partial charge is 0.496 e. The van der Waals surface area contributed by atoms with Crippen molar-refractivity contribution in [1.82, 2.24) is 0 Å². The molecule has 0 spiro atoms. The third-order valence-electron chi connectivity index (χ3n) is 4.01. The SMILES string of the molecule is COOSc1ccc(C2=C(c3ccc(OC)c(C)c3)C(=O)OC2)cc1F. The molecule has 0 aliphatic carbocycles. The minimum atomic E-state index is -0.471. The Kier molecular flexibility index (Phi) is 5.61. The zero-order valence-electron chi connectivity index (χ0n) is 14.5. The molecule has 2 aromatic rings. The number of cyclic esters (lactones) is 1. The number of hydrogen-bond donors (Lipinski definition) is 0. The van der Waals surface area contributed by atoms with Gasteiger partial charge in [0.1, 0.15) is 18.2 Å². The molecule has 2 aromatic carbocycles. The minimum absolute atomic E-state index is 0.0970. The van der Waals surface area contributed by atoms with Crippen molar-refractivity contribution in [3.63, 3.8) is 0 Å². The molecular weight excluding hydrogens is 359 g/mol. The predicted octanol–water partition coefficient (Wildman–Crippen LogP) is 4.20. The second-order valence-corrected chi connectivity index (χ2v) is 6.32. The van der Waals surface area contributed by atoms with E-state index in [2.05, 4.69) is 9.22 Å². The number of carbonyl (C=O) groups excluding carboxylic acids is 1. The van der Waals surface area contributed by atoms with E-state index < -0.39 is 11.8 Å². The molecule has 136 valence electrons. The van der Waals surface area contributed by atoms with E-state index in [4.69, 9.17) is 9.47 Å². The summed E-state index contributed by atoms with van der Waals surface area (Å²) in [7, 11) is 2.93. The predicted molar refractivity (Wildman–Crippen MR) is 95.9 cm³/mol. The smallest absolute Gasteiger partial charge is 0.339 e. The van der Waals surface area contributed by atoms with Gasteiger partial charge in [0.05, 0.1) is 36.7 Å². The van der Waals surface area contributed by atoms with Crippen molar-refractivity contribution in [2.75, 3.05) is 20.8 Å². The summed E-state index contributed by atoms with van der Waals surface area (Å²) in [6.45, 7) is 1.99. The fraction of sp³-hybridized carbons (Fsp3) is 0.211. The van der Waals surface area contributed by atoms with Gasteiger partial charge in [-0.1, -0.05) is 12.1 Å². The van der Waals surface area contributed by atoms with Crippen molar-refractivity contribution >= 4 is 29.2 Å². The summed E-state index contributed by atoms with van der Waals surface area (Å²) < 4.78 is 29.4. The number of rotatable bonds is 6. The maximum atomic E-state index is 14.3. The molecule has 0 saturated heterocycles. The first-order chi connectivity index (χ1) is 12.5. The van der Waals surface area contributed by atoms with Crippen LogP contribution in [-0.2, 0) is 18.8 Å². The number of halogens is 1. The Morgan fingerprint density at radius 2 is 1.88 bits per heavy atom. The molecule has 0 radical (unpaired) electrons. The van der Waals surface area contributed by atoms with Gasteiger partial charge < -0.3 is 9.47 Å². The van der Waals surface area contributed by atoms with Crippen LogP contribution < -0.4 is 4.74 Å². The van der Waals surface area contributed by atoms with Gasteiger partial charge in [-0.3, -0.25) is 0 Å². The Labute approximate surface area is 154 Å². The van der Waals surface area contributed by atoms with Crippen LogP contribution in [-0.4, -0.2) is 26.8 Å². The van der Waals surface area contributed by atoms with Gasteiger partial charge in [0, 0.05) is 5.57 Å². The van der Waals surface area contributed by atoms with Gasteiger partial charge in [-0.05, 0) is 47.9 Å². The zero-order chi connectivity index (χ0) is 18.7. The highest BCUT2D eigenvalue weighted by Gasteiger charge is 2.28. The van der Waals surface area contributed by atoms with E-state index in [1.165, 1.54) is 13.2 Å². The lowest BCUT2D eigenvalue weighted by atomic mass is 9.95. The molecule has 0 fully saturated rings. The van der Waals surface area contributed by atoms with Gasteiger partial charge in [0.15, 0.2) is 0 Å². The molecule has 1 aliphatic rings. The van der Waals surface area contributed by atoms with E-state index in [9.17, 15) is 9.18 Å². The van der Waals surface area contributed by atoms with Crippen LogP contribution in [0, 0.1) is 12.7 Å². The van der Waals surface area contributed by atoms with Gasteiger partial charge in [-0.15, -0.1) is 0 Å². The van der Waals surface area contributed by atoms with Crippen LogP contribution in [0.2, 0.25) is 0 Å². The summed E-state index contributed by atoms with van der Waals surface area (Å²) in [5.41, 5.74) is 3.26. The third kappa shape index (κ3) is 3.60. The Morgan fingerprint density at radius 3 is 2.54 bits per heavy atom. The lowest BCUT2D eigenvalue weighted by Gasteiger charge is -2.09. The number of aryl methyl sites for hydroxylation is 1. The topological polar surface area (TPSA) is 54.0 Å². The highest BCUT2D eigenvalue weighted by molar-refractivity contribution is 7.94. The van der Waals surface area contributed by atoms with Crippen LogP contribution in [0.4, 0.5) is 4.39 Å². The van der Waals surface area contributed by atoms with Gasteiger partial charge in [0.2, 0.25) is 0 Å². The summed E-state index contributed by atoms with van der Waals surface area (Å²) in [6, 6.07) is 10.1. The van der Waals surface area contributed by atoms with Crippen LogP contribution in [0.3, 0.4) is 0 Å². The average Bonchev–Trinajstić information content (AvgIpc) is 3.02. The number of benzene rings is 2. The van der Waals surface area contributed by atoms with E-state index >= 15 is 0 Å². The van der Waals surface area contributed by atoms with Crippen molar-refractivity contribution in [1.29, 1.82) is 0 Å². The molecule has 0 saturated carbocycles. The molecule has 0 atom stereocenters. The van der Waals surface area contributed by atoms with Crippen LogP contribution in [0.5, 0.6) is 5.75 Å². The molecule has 1 heterocycles. The first kappa shape index (κ1) is 18.4. The van der Waals surface area contributed by atoms with E-state index in [1.807, 2.05) is 13.0 Å². The second-order valence-electron chi connectivity index (χ2n) is 5.58. The molecule has 5 nitrogen and oxygen atoms in total. The maximum absolute atomic E-state index is 14.3. The number of hydrogen-bond acceptors (Lipinski definition) is 6. The summed E-state index contributed by atoms with van der Waals surface area (Å²) >= 11 is 0.777. The van der Waals surface area contributed by atoms with Crippen molar-refractivity contribution in [2.24, 2.45) is 0 Å². The van der Waals surface area contributed by atoms with Crippen LogP contribution in [0.1, 0.15) is 16.7 Å². The third-order valence-corrected chi connectivity index (χ3v) is 4.72. The monoisotopic (exact) mass is 376 g/mol. The highest BCUT2D eigenvalue weighted by Crippen LogP contribution is 2.36.